The summed E-state index contributed by atoms with van der Waals surface area (Å²) in [5, 5.41) is 0. The smallest absolute Gasteiger partial charge is 0.266 e. The number of halogens is 4. The van der Waals surface area contributed by atoms with Gasteiger partial charge >= 0.3 is 0 Å². The Bertz CT molecular complexity index is 359. The monoisotopic (exact) mass is 283 g/mol. The summed E-state index contributed by atoms with van der Waals surface area (Å²) in [6.07, 6.45) is -1.03. The number of aldehydes is 1. The average molecular weight is 284 g/mol. The van der Waals surface area contributed by atoms with Crippen LogP contribution in [0.3, 0.4) is 0 Å². The molecule has 0 unspecified atom stereocenters. The van der Waals surface area contributed by atoms with Crippen molar-refractivity contribution in [1.29, 1.82) is 0 Å². The van der Waals surface area contributed by atoms with Gasteiger partial charge in [0.05, 0.1) is 5.56 Å². The van der Waals surface area contributed by atoms with E-state index in [-0.39, 0.29) is 27.2 Å². The lowest BCUT2D eigenvalue weighted by atomic mass is 10.1. The number of rotatable bonds is 3. The first-order valence-corrected chi connectivity index (χ1v) is 4.91. The number of aromatic nitrogens is 1. The van der Waals surface area contributed by atoms with Crippen molar-refractivity contribution in [3.8, 4) is 0 Å². The third-order valence-corrected chi connectivity index (χ3v) is 2.59. The fourth-order valence-electron chi connectivity index (χ4n) is 1.03. The number of pyridine rings is 1. The fourth-order valence-corrected chi connectivity index (χ4v) is 1.84. The van der Waals surface area contributed by atoms with Crippen LogP contribution >= 0.6 is 27.5 Å². The van der Waals surface area contributed by atoms with E-state index >= 15 is 0 Å². The quantitative estimate of drug-likeness (QED) is 0.484. The molecule has 76 valence electrons. The molecule has 0 atom stereocenters. The second-order valence-corrected chi connectivity index (χ2v) is 3.47. The number of carbonyl (C=O) groups excluding carboxylic acids is 1. The molecule has 0 saturated carbocycles. The highest BCUT2D eigenvalue weighted by Crippen LogP contribution is 2.31. The molecular formula is C8H5BrClF2NO. The summed E-state index contributed by atoms with van der Waals surface area (Å²) in [5.41, 5.74) is -0.0957. The summed E-state index contributed by atoms with van der Waals surface area (Å²) in [4.78, 5) is 14.1. The second kappa shape index (κ2) is 4.79. The van der Waals surface area contributed by atoms with Gasteiger partial charge in [-0.25, -0.2) is 13.8 Å². The van der Waals surface area contributed by atoms with E-state index in [0.717, 1.165) is 0 Å². The Morgan fingerprint density at radius 2 is 2.29 bits per heavy atom. The maximum absolute atomic E-state index is 12.5. The third-order valence-electron chi connectivity index (χ3n) is 1.69. The molecule has 2 nitrogen and oxygen atoms in total. The van der Waals surface area contributed by atoms with E-state index in [0.29, 0.717) is 6.29 Å². The van der Waals surface area contributed by atoms with Gasteiger partial charge in [0, 0.05) is 17.6 Å². The van der Waals surface area contributed by atoms with E-state index in [1.165, 1.54) is 6.20 Å². The van der Waals surface area contributed by atoms with Crippen LogP contribution in [0.15, 0.2) is 10.8 Å². The van der Waals surface area contributed by atoms with Gasteiger partial charge in [0.15, 0.2) is 6.29 Å². The highest BCUT2D eigenvalue weighted by atomic mass is 79.9. The average Bonchev–Trinajstić information content (AvgIpc) is 2.16. The Morgan fingerprint density at radius 3 is 2.71 bits per heavy atom. The van der Waals surface area contributed by atoms with Crippen LogP contribution < -0.4 is 0 Å². The van der Waals surface area contributed by atoms with Crippen molar-refractivity contribution in [2.75, 3.05) is 0 Å². The molecule has 0 saturated heterocycles. The minimum atomic E-state index is -2.70. The topological polar surface area (TPSA) is 30.0 Å². The molecule has 1 aromatic heterocycles. The van der Waals surface area contributed by atoms with E-state index in [9.17, 15) is 13.6 Å². The van der Waals surface area contributed by atoms with Gasteiger partial charge in [-0.05, 0) is 21.5 Å². The Kier molecular flexibility index (Phi) is 3.95. The largest absolute Gasteiger partial charge is 0.298 e. The lowest BCUT2D eigenvalue weighted by Crippen LogP contribution is -2.01. The number of nitrogens with zero attached hydrogens (tertiary/aromatic N) is 1. The Balaban J connectivity index is 3.42. The zero-order chi connectivity index (χ0) is 10.7. The second-order valence-electron chi connectivity index (χ2n) is 2.45. The van der Waals surface area contributed by atoms with E-state index in [2.05, 4.69) is 20.9 Å². The first-order valence-electron chi connectivity index (χ1n) is 3.58. The first-order chi connectivity index (χ1) is 6.61. The van der Waals surface area contributed by atoms with Crippen LogP contribution in [0.25, 0.3) is 0 Å². The van der Waals surface area contributed by atoms with E-state index in [1.54, 1.807) is 0 Å². The normalized spacial score (nSPS) is 10.6. The van der Waals surface area contributed by atoms with Gasteiger partial charge in [0.1, 0.15) is 4.60 Å². The summed E-state index contributed by atoms with van der Waals surface area (Å²) in [6, 6.07) is 0. The maximum atomic E-state index is 12.5. The van der Waals surface area contributed by atoms with Crippen molar-refractivity contribution >= 4 is 33.8 Å². The lowest BCUT2D eigenvalue weighted by Gasteiger charge is -2.09. The Labute approximate surface area is 92.4 Å². The minimum absolute atomic E-state index is 0.0220. The van der Waals surface area contributed by atoms with Gasteiger partial charge in [0.25, 0.3) is 6.43 Å². The molecule has 0 radical (unpaired) electrons. The molecule has 0 aliphatic carbocycles. The zero-order valence-electron chi connectivity index (χ0n) is 6.81. The molecule has 0 aliphatic rings. The van der Waals surface area contributed by atoms with Crippen LogP contribution in [0.5, 0.6) is 0 Å². The molecule has 1 heterocycles. The first kappa shape index (κ1) is 11.5. The Morgan fingerprint density at radius 1 is 1.64 bits per heavy atom. The van der Waals surface area contributed by atoms with Gasteiger partial charge in [-0.2, -0.15) is 0 Å². The summed E-state index contributed by atoms with van der Waals surface area (Å²) in [5.74, 6) is -0.144. The molecule has 0 aromatic carbocycles. The number of hydrogen-bond acceptors (Lipinski definition) is 2. The number of hydrogen-bond donors (Lipinski definition) is 0. The molecule has 0 aliphatic heterocycles. The molecule has 0 bridgehead atoms. The van der Waals surface area contributed by atoms with Crippen LogP contribution in [0, 0.1) is 0 Å². The molecule has 1 rings (SSSR count). The molecule has 0 amide bonds. The van der Waals surface area contributed by atoms with E-state index in [1.807, 2.05) is 0 Å². The standard InChI is InChI=1S/C8H5BrClF2NO/c9-7-6(8(11)12)5(1-10)4(3-14)2-13-7/h2-3,8H,1H2. The lowest BCUT2D eigenvalue weighted by molar-refractivity contribution is 0.112. The molecule has 0 fully saturated rings. The molecule has 0 spiro atoms. The van der Waals surface area contributed by atoms with Gasteiger partial charge in [-0.15, -0.1) is 11.6 Å². The maximum Gasteiger partial charge on any atom is 0.266 e. The number of carbonyl (C=O) groups is 1. The molecule has 1 aromatic rings. The summed E-state index contributed by atoms with van der Waals surface area (Å²) >= 11 is 8.38. The van der Waals surface area contributed by atoms with Crippen LogP contribution in [0.4, 0.5) is 8.78 Å². The highest BCUT2D eigenvalue weighted by Gasteiger charge is 2.20. The van der Waals surface area contributed by atoms with Crippen LogP contribution in [-0.2, 0) is 5.88 Å². The highest BCUT2D eigenvalue weighted by molar-refractivity contribution is 9.10. The van der Waals surface area contributed by atoms with Gasteiger partial charge in [-0.1, -0.05) is 0 Å². The molecule has 6 heteroatoms. The predicted octanol–water partition coefficient (Wildman–Crippen LogP) is 3.33. The van der Waals surface area contributed by atoms with Crippen molar-refractivity contribution in [3.63, 3.8) is 0 Å². The zero-order valence-corrected chi connectivity index (χ0v) is 9.15. The van der Waals surface area contributed by atoms with Crippen LogP contribution in [0.1, 0.15) is 27.9 Å². The van der Waals surface area contributed by atoms with Gasteiger partial charge < -0.3 is 0 Å². The van der Waals surface area contributed by atoms with Crippen molar-refractivity contribution in [1.82, 2.24) is 4.98 Å². The molecule has 14 heavy (non-hydrogen) atoms. The van der Waals surface area contributed by atoms with Crippen molar-refractivity contribution in [2.24, 2.45) is 0 Å². The molecular weight excluding hydrogens is 279 g/mol. The Hall–Kier alpha value is -0.550. The van der Waals surface area contributed by atoms with E-state index < -0.39 is 6.43 Å². The van der Waals surface area contributed by atoms with Crippen molar-refractivity contribution in [3.05, 3.63) is 27.5 Å². The van der Waals surface area contributed by atoms with Crippen LogP contribution in [-0.4, -0.2) is 11.3 Å². The van der Waals surface area contributed by atoms with E-state index in [4.69, 9.17) is 11.6 Å². The SMILES string of the molecule is O=Cc1cnc(Br)c(C(F)F)c1CCl. The summed E-state index contributed by atoms with van der Waals surface area (Å²) < 4.78 is 25.1. The van der Waals surface area contributed by atoms with Gasteiger partial charge in [-0.3, -0.25) is 4.79 Å². The summed E-state index contributed by atoms with van der Waals surface area (Å²) in [6.45, 7) is 0. The van der Waals surface area contributed by atoms with Crippen molar-refractivity contribution in [2.45, 2.75) is 12.3 Å². The molecule has 0 N–H and O–H groups in total. The number of alkyl halides is 3. The minimum Gasteiger partial charge on any atom is -0.298 e. The predicted molar refractivity (Wildman–Crippen MR) is 51.8 cm³/mol. The fraction of sp³-hybridized carbons (Fsp3) is 0.250. The summed E-state index contributed by atoms with van der Waals surface area (Å²) in [7, 11) is 0. The van der Waals surface area contributed by atoms with Crippen LogP contribution in [0.2, 0.25) is 0 Å². The van der Waals surface area contributed by atoms with Gasteiger partial charge in [0.2, 0.25) is 0 Å². The third kappa shape index (κ3) is 2.09. The van der Waals surface area contributed by atoms with Crippen molar-refractivity contribution < 1.29 is 13.6 Å².